The standard InChI is InChI=1S/C67H33N9/c68-34-41-1-9-47(10-2-41)51-17-21-62-58(28-51)59-29-52(48-11-3-42(35-69)4-12-48)18-22-63(59)75(62)66-33-57(55-26-45(38-72)25-46(27-55)39-73)67(32-56(66)40-74)76-64-23-19-53(49-13-5-43(36-70)6-14-49)30-60(64)61-31-54(20-24-65(61)76)50-15-7-44(37-71)8-16-50/h1-33H. The van der Waals surface area contributed by atoms with E-state index in [1.807, 2.05) is 97.1 Å². The van der Waals surface area contributed by atoms with Crippen molar-refractivity contribution in [2.45, 2.75) is 0 Å². The summed E-state index contributed by atoms with van der Waals surface area (Å²) in [5.74, 6) is 0. The van der Waals surface area contributed by atoms with Crippen molar-refractivity contribution in [2.75, 3.05) is 0 Å². The molecule has 2 aromatic heterocycles. The van der Waals surface area contributed by atoms with Gasteiger partial charge in [0.05, 0.1) is 109 Å². The predicted molar refractivity (Wildman–Crippen MR) is 295 cm³/mol. The zero-order chi connectivity index (χ0) is 52.0. The van der Waals surface area contributed by atoms with Crippen molar-refractivity contribution in [1.82, 2.24) is 9.13 Å². The van der Waals surface area contributed by atoms with E-state index in [1.165, 1.54) is 0 Å². The Kier molecular flexibility index (Phi) is 11.0. The normalized spacial score (nSPS) is 10.8. The van der Waals surface area contributed by atoms with Crippen molar-refractivity contribution in [1.29, 1.82) is 36.8 Å². The molecule has 0 amide bonds. The van der Waals surface area contributed by atoms with E-state index in [9.17, 15) is 36.8 Å². The molecule has 0 radical (unpaired) electrons. The molecule has 346 valence electrons. The first-order valence-electron chi connectivity index (χ1n) is 24.0. The van der Waals surface area contributed by atoms with Crippen LogP contribution in [0.2, 0.25) is 0 Å². The van der Waals surface area contributed by atoms with Gasteiger partial charge in [0.1, 0.15) is 6.07 Å². The third kappa shape index (κ3) is 7.69. The van der Waals surface area contributed by atoms with E-state index < -0.39 is 0 Å². The van der Waals surface area contributed by atoms with Crippen LogP contribution in [-0.4, -0.2) is 9.13 Å². The van der Waals surface area contributed by atoms with Crippen LogP contribution in [0.25, 0.3) is 111 Å². The zero-order valence-electron chi connectivity index (χ0n) is 40.1. The number of rotatable bonds is 7. The second-order valence-electron chi connectivity index (χ2n) is 18.4. The highest BCUT2D eigenvalue weighted by molar-refractivity contribution is 6.14. The average molecular weight is 964 g/mol. The molecule has 0 atom stereocenters. The Hall–Kier alpha value is -11.8. The number of benzene rings is 10. The lowest BCUT2D eigenvalue weighted by Gasteiger charge is -2.19. The Morgan fingerprint density at radius 3 is 0.803 bits per heavy atom. The number of fused-ring (bicyclic) bond motifs is 6. The molecule has 0 N–H and O–H groups in total. The molecule has 76 heavy (non-hydrogen) atoms. The number of hydrogen-bond acceptors (Lipinski definition) is 7. The van der Waals surface area contributed by atoms with E-state index in [2.05, 4.69) is 88.0 Å². The molecule has 12 rings (SSSR count). The molecule has 0 bridgehead atoms. The van der Waals surface area contributed by atoms with Crippen molar-refractivity contribution in [2.24, 2.45) is 0 Å². The van der Waals surface area contributed by atoms with Crippen LogP contribution >= 0.6 is 0 Å². The Bertz CT molecular complexity index is 4470. The van der Waals surface area contributed by atoms with E-state index in [0.29, 0.717) is 61.4 Å². The second kappa shape index (κ2) is 18.4. The molecule has 9 heteroatoms. The first-order valence-corrected chi connectivity index (χ1v) is 24.0. The maximum Gasteiger partial charge on any atom is 0.101 e. The Labute approximate surface area is 436 Å². The summed E-state index contributed by atoms with van der Waals surface area (Å²) >= 11 is 0. The first kappa shape index (κ1) is 45.4. The summed E-state index contributed by atoms with van der Waals surface area (Å²) < 4.78 is 4.24. The molecule has 0 aliphatic heterocycles. The van der Waals surface area contributed by atoms with Crippen molar-refractivity contribution in [3.05, 3.63) is 239 Å². The fourth-order valence-electron chi connectivity index (χ4n) is 10.4. The van der Waals surface area contributed by atoms with E-state index in [-0.39, 0.29) is 0 Å². The summed E-state index contributed by atoms with van der Waals surface area (Å²) in [4.78, 5) is 0. The fraction of sp³-hybridized carbons (Fsp3) is 0. The minimum Gasteiger partial charge on any atom is -0.309 e. The van der Waals surface area contributed by atoms with Crippen LogP contribution in [0.1, 0.15) is 38.9 Å². The summed E-state index contributed by atoms with van der Waals surface area (Å²) in [6.45, 7) is 0. The molecule has 0 saturated heterocycles. The molecule has 0 saturated carbocycles. The molecule has 0 aliphatic rings. The molecule has 12 aromatic rings. The lowest BCUT2D eigenvalue weighted by atomic mass is 9.96. The minimum atomic E-state index is 0.301. The smallest absolute Gasteiger partial charge is 0.101 e. The van der Waals surface area contributed by atoms with Crippen LogP contribution < -0.4 is 0 Å². The highest BCUT2D eigenvalue weighted by Crippen LogP contribution is 2.44. The van der Waals surface area contributed by atoms with Gasteiger partial charge in [0.15, 0.2) is 0 Å². The van der Waals surface area contributed by atoms with Crippen LogP contribution in [-0.2, 0) is 0 Å². The summed E-state index contributed by atoms with van der Waals surface area (Å²) in [5.41, 5.74) is 16.4. The van der Waals surface area contributed by atoms with Crippen LogP contribution in [0.4, 0.5) is 0 Å². The van der Waals surface area contributed by atoms with Crippen LogP contribution in [0.5, 0.6) is 0 Å². The zero-order valence-corrected chi connectivity index (χ0v) is 40.1. The van der Waals surface area contributed by atoms with Crippen molar-refractivity contribution >= 4 is 43.6 Å². The molecule has 10 aromatic carbocycles. The maximum atomic E-state index is 11.5. The number of hydrogen-bond donors (Lipinski definition) is 0. The lowest BCUT2D eigenvalue weighted by molar-refractivity contribution is 1.14. The molecule has 9 nitrogen and oxygen atoms in total. The van der Waals surface area contributed by atoms with Gasteiger partial charge in [-0.1, -0.05) is 72.8 Å². The third-order valence-electron chi connectivity index (χ3n) is 14.1. The van der Waals surface area contributed by atoms with E-state index in [4.69, 9.17) is 0 Å². The molecular weight excluding hydrogens is 931 g/mol. The molecule has 0 spiro atoms. The highest BCUT2D eigenvalue weighted by atomic mass is 15.0. The van der Waals surface area contributed by atoms with Gasteiger partial charge < -0.3 is 9.13 Å². The molecular formula is C67H33N9. The van der Waals surface area contributed by atoms with Gasteiger partial charge in [-0.2, -0.15) is 36.8 Å². The van der Waals surface area contributed by atoms with Gasteiger partial charge in [0, 0.05) is 27.1 Å². The Morgan fingerprint density at radius 2 is 0.513 bits per heavy atom. The number of aromatic nitrogens is 2. The Morgan fingerprint density at radius 1 is 0.224 bits per heavy atom. The van der Waals surface area contributed by atoms with E-state index in [1.54, 1.807) is 66.7 Å². The Balaban J connectivity index is 1.15. The van der Waals surface area contributed by atoms with Gasteiger partial charge >= 0.3 is 0 Å². The summed E-state index contributed by atoms with van der Waals surface area (Å²) in [6.07, 6.45) is 0. The van der Waals surface area contributed by atoms with Gasteiger partial charge in [0.25, 0.3) is 0 Å². The van der Waals surface area contributed by atoms with Gasteiger partial charge in [-0.25, -0.2) is 0 Å². The van der Waals surface area contributed by atoms with Gasteiger partial charge in [-0.3, -0.25) is 0 Å². The minimum absolute atomic E-state index is 0.301. The van der Waals surface area contributed by atoms with Gasteiger partial charge in [0.2, 0.25) is 0 Å². The maximum absolute atomic E-state index is 11.5. The quantitative estimate of drug-likeness (QED) is 0.153. The number of nitrogens with zero attached hydrogens (tertiary/aromatic N) is 9. The summed E-state index contributed by atoms with van der Waals surface area (Å²) in [5, 5.41) is 74.2. The molecule has 0 aliphatic carbocycles. The van der Waals surface area contributed by atoms with E-state index >= 15 is 0 Å². The van der Waals surface area contributed by atoms with Crippen LogP contribution in [0.3, 0.4) is 0 Å². The topological polar surface area (TPSA) is 176 Å². The molecule has 0 fully saturated rings. The van der Waals surface area contributed by atoms with Gasteiger partial charge in [-0.15, -0.1) is 0 Å². The lowest BCUT2D eigenvalue weighted by Crippen LogP contribution is -2.04. The SMILES string of the molecule is N#Cc1ccc(-c2ccc3c(c2)c2cc(-c4ccc(C#N)cc4)ccc2n3-c2cc(-c3cc(C#N)cc(C#N)c3)c(-n3c4ccc(-c5ccc(C#N)cc5)cc4c4cc(-c5ccc(C#N)cc5)ccc43)cc2C#N)cc1. The van der Waals surface area contributed by atoms with Crippen molar-refractivity contribution in [3.8, 4) is 109 Å². The van der Waals surface area contributed by atoms with Crippen LogP contribution in [0, 0.1) is 79.3 Å². The highest BCUT2D eigenvalue weighted by Gasteiger charge is 2.24. The number of nitriles is 7. The van der Waals surface area contributed by atoms with Crippen LogP contribution in [0.15, 0.2) is 200 Å². The summed E-state index contributed by atoms with van der Waals surface area (Å²) in [7, 11) is 0. The second-order valence-corrected chi connectivity index (χ2v) is 18.4. The van der Waals surface area contributed by atoms with E-state index in [0.717, 1.165) is 88.1 Å². The van der Waals surface area contributed by atoms with Crippen molar-refractivity contribution < 1.29 is 0 Å². The molecule has 2 heterocycles. The summed E-state index contributed by atoms with van der Waals surface area (Å²) in [6, 6.07) is 79.7. The fourth-order valence-corrected chi connectivity index (χ4v) is 10.4. The first-order chi connectivity index (χ1) is 37.3. The third-order valence-corrected chi connectivity index (χ3v) is 14.1. The largest absolute Gasteiger partial charge is 0.309 e. The van der Waals surface area contributed by atoms with Gasteiger partial charge in [-0.05, 0) is 177 Å². The predicted octanol–water partition coefficient (Wildman–Crippen LogP) is 15.3. The monoisotopic (exact) mass is 963 g/mol. The average Bonchev–Trinajstić information content (AvgIpc) is 4.13. The van der Waals surface area contributed by atoms with Crippen molar-refractivity contribution in [3.63, 3.8) is 0 Å². The molecule has 0 unspecified atom stereocenters.